The summed E-state index contributed by atoms with van der Waals surface area (Å²) in [6, 6.07) is 0. The fourth-order valence-electron chi connectivity index (χ4n) is 0.979. The van der Waals surface area contributed by atoms with Gasteiger partial charge in [-0.25, -0.2) is 9.79 Å². The van der Waals surface area contributed by atoms with E-state index >= 15 is 0 Å². The van der Waals surface area contributed by atoms with Crippen LogP contribution in [0.25, 0.3) is 5.32 Å². The van der Waals surface area contributed by atoms with Crippen molar-refractivity contribution in [2.45, 2.75) is 6.92 Å². The van der Waals surface area contributed by atoms with E-state index in [1.165, 1.54) is 0 Å². The van der Waals surface area contributed by atoms with E-state index in [2.05, 4.69) is 10.3 Å². The van der Waals surface area contributed by atoms with Gasteiger partial charge in [-0.15, -0.1) is 0 Å². The third-order valence-electron chi connectivity index (χ3n) is 1.43. The van der Waals surface area contributed by atoms with Gasteiger partial charge in [0.1, 0.15) is 0 Å². The quantitative estimate of drug-likeness (QED) is 0.560. The summed E-state index contributed by atoms with van der Waals surface area (Å²) in [6.45, 7) is 2.17. The number of ether oxygens (including phenoxy) is 1. The van der Waals surface area contributed by atoms with Crippen LogP contribution in [0.15, 0.2) is 16.9 Å². The number of hydrogen-bond acceptors (Lipinski definition) is 4. The fraction of sp³-hybridized carbons (Fsp3) is 0.500. The zero-order chi connectivity index (χ0) is 9.84. The molecule has 0 spiro atoms. The first-order valence-corrected chi connectivity index (χ1v) is 3.88. The van der Waals surface area contributed by atoms with Gasteiger partial charge in [0.25, 0.3) is 0 Å². The van der Waals surface area contributed by atoms with Crippen molar-refractivity contribution in [3.63, 3.8) is 0 Å². The second-order valence-electron chi connectivity index (χ2n) is 2.75. The van der Waals surface area contributed by atoms with Crippen molar-refractivity contribution in [1.82, 2.24) is 4.90 Å². The molecular weight excluding hydrogens is 259 g/mol. The number of cyclic esters (lactones) is 1. The molecule has 0 aliphatic carbocycles. The monoisotopic (exact) mass is 271 g/mol. The molecule has 5 nitrogen and oxygen atoms in total. The Labute approximate surface area is 108 Å². The number of carbonyl (C=O) groups is 1. The minimum Gasteiger partial charge on any atom is -0.648 e. The molecule has 0 aromatic carbocycles. The van der Waals surface area contributed by atoms with Crippen molar-refractivity contribution in [3.8, 4) is 0 Å². The summed E-state index contributed by atoms with van der Waals surface area (Å²) < 4.78 is 4.74. The summed E-state index contributed by atoms with van der Waals surface area (Å²) in [4.78, 5) is 16.7. The summed E-state index contributed by atoms with van der Waals surface area (Å²) in [5.74, 6) is -0.0152. The smallest absolute Gasteiger partial charge is 0.365 e. The molecule has 6 heteroatoms. The van der Waals surface area contributed by atoms with E-state index in [1.54, 1.807) is 25.1 Å². The number of esters is 1. The molecule has 1 rings (SSSR count). The minimum absolute atomic E-state index is 0. The largest absolute Gasteiger partial charge is 0.648 e. The molecule has 0 unspecified atom stereocenters. The van der Waals surface area contributed by atoms with Crippen LogP contribution >= 0.6 is 0 Å². The summed E-state index contributed by atoms with van der Waals surface area (Å²) in [6.07, 6.45) is 1.62. The third kappa shape index (κ3) is 3.86. The topological polar surface area (TPSA) is 56.0 Å². The summed E-state index contributed by atoms with van der Waals surface area (Å²) in [7, 11) is 3.52. The summed E-state index contributed by atoms with van der Waals surface area (Å²) >= 11 is 0. The van der Waals surface area contributed by atoms with Crippen molar-refractivity contribution in [2.75, 3.05) is 20.8 Å². The van der Waals surface area contributed by atoms with Gasteiger partial charge in [0, 0.05) is 52.9 Å². The standard InChI is InChI=1S/C8H12N3O2.Y/c1-6-10-7(8(12)13-6)4-11(3)5-9-2;/h4H,5H2,1-3H3;/q-1;/b7-4-;. The van der Waals surface area contributed by atoms with Crippen LogP contribution < -0.4 is 0 Å². The molecule has 0 atom stereocenters. The minimum atomic E-state index is -0.402. The number of nitrogens with zero attached hydrogens (tertiary/aromatic N) is 3. The molecule has 0 N–H and O–H groups in total. The molecule has 0 saturated heterocycles. The van der Waals surface area contributed by atoms with Gasteiger partial charge in [-0.3, -0.25) is 0 Å². The average molecular weight is 271 g/mol. The molecule has 14 heavy (non-hydrogen) atoms. The second-order valence-corrected chi connectivity index (χ2v) is 2.75. The molecule has 1 heterocycles. The van der Waals surface area contributed by atoms with E-state index in [0.29, 0.717) is 18.3 Å². The van der Waals surface area contributed by atoms with Crippen molar-refractivity contribution in [2.24, 2.45) is 4.99 Å². The van der Waals surface area contributed by atoms with Gasteiger partial charge >= 0.3 is 5.97 Å². The molecule has 0 aromatic heterocycles. The summed E-state index contributed by atoms with van der Waals surface area (Å²) in [5.41, 5.74) is 0.323. The third-order valence-corrected chi connectivity index (χ3v) is 1.43. The van der Waals surface area contributed by atoms with E-state index in [4.69, 9.17) is 4.74 Å². The maximum atomic E-state index is 11.1. The van der Waals surface area contributed by atoms with Gasteiger partial charge in [-0.05, 0) is 0 Å². The van der Waals surface area contributed by atoms with E-state index in [1.807, 2.05) is 7.05 Å². The molecule has 1 aliphatic rings. The Morgan fingerprint density at radius 2 is 2.29 bits per heavy atom. The predicted molar refractivity (Wildman–Crippen MR) is 49.2 cm³/mol. The first-order chi connectivity index (χ1) is 6.13. The van der Waals surface area contributed by atoms with Gasteiger partial charge in [-0.1, -0.05) is 6.67 Å². The Balaban J connectivity index is 0.00000169. The molecular formula is C8H12N3O2Y-. The number of carbonyl (C=O) groups excluding carboxylic acids is 1. The van der Waals surface area contributed by atoms with Crippen LogP contribution in [0.4, 0.5) is 0 Å². The molecule has 0 fully saturated rings. The van der Waals surface area contributed by atoms with Crippen molar-refractivity contribution >= 4 is 11.9 Å². The van der Waals surface area contributed by atoms with Gasteiger partial charge in [0.05, 0.1) is 0 Å². The molecule has 1 aliphatic heterocycles. The number of rotatable bonds is 3. The Morgan fingerprint density at radius 3 is 2.71 bits per heavy atom. The molecule has 0 amide bonds. The molecule has 0 bridgehead atoms. The maximum Gasteiger partial charge on any atom is 0.365 e. The van der Waals surface area contributed by atoms with E-state index in [-0.39, 0.29) is 32.7 Å². The first-order valence-electron chi connectivity index (χ1n) is 3.88. The SMILES string of the molecule is C[N-]CN(C)/C=C1\N=C(C)OC1=O.[Y]. The summed E-state index contributed by atoms with van der Waals surface area (Å²) in [5, 5.41) is 3.90. The van der Waals surface area contributed by atoms with Gasteiger partial charge in [0.2, 0.25) is 0 Å². The van der Waals surface area contributed by atoms with Crippen molar-refractivity contribution in [1.29, 1.82) is 0 Å². The van der Waals surface area contributed by atoms with E-state index in [0.717, 1.165) is 0 Å². The van der Waals surface area contributed by atoms with Gasteiger partial charge in [0.15, 0.2) is 11.6 Å². The van der Waals surface area contributed by atoms with Crippen LogP contribution in [0.2, 0.25) is 0 Å². The van der Waals surface area contributed by atoms with Crippen molar-refractivity contribution in [3.05, 3.63) is 17.2 Å². The number of aliphatic imine (C=N–C) groups is 1. The normalized spacial score (nSPS) is 17.5. The molecule has 75 valence electrons. The Kier molecular flexibility index (Phi) is 6.15. The average Bonchev–Trinajstić information content (AvgIpc) is 2.30. The fourth-order valence-corrected chi connectivity index (χ4v) is 0.979. The molecule has 0 saturated carbocycles. The first kappa shape index (κ1) is 13.7. The van der Waals surface area contributed by atoms with Gasteiger partial charge < -0.3 is 15.0 Å². The molecule has 0 aromatic rings. The van der Waals surface area contributed by atoms with Crippen molar-refractivity contribution < 1.29 is 42.2 Å². The van der Waals surface area contributed by atoms with Crippen LogP contribution in [0.5, 0.6) is 0 Å². The van der Waals surface area contributed by atoms with E-state index in [9.17, 15) is 4.79 Å². The van der Waals surface area contributed by atoms with Crippen LogP contribution in [-0.4, -0.2) is 37.5 Å². The second kappa shape index (κ2) is 6.27. The van der Waals surface area contributed by atoms with Crippen LogP contribution in [0.1, 0.15) is 6.92 Å². The predicted octanol–water partition coefficient (Wildman–Crippen LogP) is 0.693. The Hall–Kier alpha value is -0.256. The zero-order valence-electron chi connectivity index (χ0n) is 8.52. The zero-order valence-corrected chi connectivity index (χ0v) is 11.4. The van der Waals surface area contributed by atoms with Crippen LogP contribution in [-0.2, 0) is 42.2 Å². The maximum absolute atomic E-state index is 11.1. The van der Waals surface area contributed by atoms with Crippen LogP contribution in [0, 0.1) is 0 Å². The molecule has 1 radical (unpaired) electrons. The Morgan fingerprint density at radius 1 is 1.64 bits per heavy atom. The Bertz CT molecular complexity index is 276. The van der Waals surface area contributed by atoms with Crippen LogP contribution in [0.3, 0.4) is 0 Å². The van der Waals surface area contributed by atoms with E-state index < -0.39 is 5.97 Å². The number of hydrogen-bond donors (Lipinski definition) is 0. The van der Waals surface area contributed by atoms with Gasteiger partial charge in [-0.2, -0.15) is 7.05 Å².